The summed E-state index contributed by atoms with van der Waals surface area (Å²) in [6.45, 7) is 3.86. The second-order valence-electron chi connectivity index (χ2n) is 7.75. The van der Waals surface area contributed by atoms with Crippen molar-refractivity contribution in [2.45, 2.75) is 24.3 Å². The number of nitrogens with zero attached hydrogens (tertiary/aromatic N) is 2. The maximum atomic E-state index is 12.6. The Morgan fingerprint density at radius 2 is 2.06 bits per heavy atom. The van der Waals surface area contributed by atoms with Gasteiger partial charge in [-0.1, -0.05) is 18.2 Å². The van der Waals surface area contributed by atoms with Gasteiger partial charge in [-0.2, -0.15) is 5.10 Å². The van der Waals surface area contributed by atoms with Crippen molar-refractivity contribution in [2.75, 3.05) is 37.8 Å². The van der Waals surface area contributed by atoms with Crippen LogP contribution in [0.3, 0.4) is 0 Å². The number of ether oxygens (including phenoxy) is 1. The van der Waals surface area contributed by atoms with Gasteiger partial charge in [0.25, 0.3) is 0 Å². The zero-order chi connectivity index (χ0) is 22.2. The number of hydrogen-bond acceptors (Lipinski definition) is 5. The van der Waals surface area contributed by atoms with Gasteiger partial charge < -0.3 is 20.3 Å². The summed E-state index contributed by atoms with van der Waals surface area (Å²) in [5.74, 6) is 1.76. The van der Waals surface area contributed by atoms with E-state index in [0.29, 0.717) is 6.54 Å². The van der Waals surface area contributed by atoms with E-state index in [0.717, 1.165) is 45.3 Å². The molecule has 1 aliphatic rings. The standard InChI is InChI=1S/C24H29N5O2S/c1-31-21-6-4-5-18(13-21)15-25-24(30)28-22-8-7-19(20-16-26-27-17-20)14-23(22)32-12-11-29-9-2-3-10-29/h4-8,13-14,16-17H,2-3,9-12,15H2,1H3,(H,26,27)(H2,25,28,30). The molecule has 1 saturated heterocycles. The number of hydrogen-bond donors (Lipinski definition) is 3. The number of carbonyl (C=O) groups excluding carboxylic acids is 1. The third-order valence-corrected chi connectivity index (χ3v) is 6.55. The summed E-state index contributed by atoms with van der Waals surface area (Å²) in [5, 5.41) is 12.9. The highest BCUT2D eigenvalue weighted by Crippen LogP contribution is 2.32. The van der Waals surface area contributed by atoms with E-state index in [1.807, 2.05) is 48.8 Å². The van der Waals surface area contributed by atoms with E-state index in [4.69, 9.17) is 4.74 Å². The summed E-state index contributed by atoms with van der Waals surface area (Å²) in [7, 11) is 1.63. The number of urea groups is 1. The average molecular weight is 452 g/mol. The van der Waals surface area contributed by atoms with Gasteiger partial charge in [0.05, 0.1) is 19.0 Å². The third kappa shape index (κ3) is 6.05. The Morgan fingerprint density at radius 1 is 1.19 bits per heavy atom. The highest BCUT2D eigenvalue weighted by molar-refractivity contribution is 7.99. The first-order valence-corrected chi connectivity index (χ1v) is 11.9. The summed E-state index contributed by atoms with van der Waals surface area (Å²) < 4.78 is 5.25. The number of aromatic amines is 1. The molecule has 4 rings (SSSR count). The molecule has 2 aromatic carbocycles. The van der Waals surface area contributed by atoms with Crippen LogP contribution in [0.2, 0.25) is 0 Å². The van der Waals surface area contributed by atoms with Gasteiger partial charge in [0.15, 0.2) is 0 Å². The zero-order valence-corrected chi connectivity index (χ0v) is 19.1. The predicted octanol–water partition coefficient (Wildman–Crippen LogP) is 4.59. The largest absolute Gasteiger partial charge is 0.497 e. The lowest BCUT2D eigenvalue weighted by molar-refractivity contribution is 0.251. The summed E-state index contributed by atoms with van der Waals surface area (Å²) in [6.07, 6.45) is 6.27. The van der Waals surface area contributed by atoms with Gasteiger partial charge in [-0.15, -0.1) is 11.8 Å². The fourth-order valence-corrected chi connectivity index (χ4v) is 4.81. The lowest BCUT2D eigenvalue weighted by Gasteiger charge is -2.16. The average Bonchev–Trinajstić information content (AvgIpc) is 3.53. The van der Waals surface area contributed by atoms with Gasteiger partial charge in [0, 0.05) is 35.5 Å². The smallest absolute Gasteiger partial charge is 0.319 e. The molecule has 0 saturated carbocycles. The molecule has 3 aromatic rings. The number of nitrogens with one attached hydrogen (secondary N) is 3. The van der Waals surface area contributed by atoms with E-state index in [2.05, 4.69) is 31.8 Å². The Labute approximate surface area is 192 Å². The molecule has 7 nitrogen and oxygen atoms in total. The minimum absolute atomic E-state index is 0.231. The summed E-state index contributed by atoms with van der Waals surface area (Å²) in [4.78, 5) is 16.2. The Kier molecular flexibility index (Phi) is 7.68. The van der Waals surface area contributed by atoms with Crippen LogP contribution >= 0.6 is 11.8 Å². The molecule has 3 N–H and O–H groups in total. The summed E-state index contributed by atoms with van der Waals surface area (Å²) in [5.41, 5.74) is 3.90. The summed E-state index contributed by atoms with van der Waals surface area (Å²) >= 11 is 1.78. The number of likely N-dealkylation sites (tertiary alicyclic amines) is 1. The van der Waals surface area contributed by atoms with Gasteiger partial charge >= 0.3 is 6.03 Å². The van der Waals surface area contributed by atoms with E-state index < -0.39 is 0 Å². The van der Waals surface area contributed by atoms with Crippen molar-refractivity contribution in [3.63, 3.8) is 0 Å². The molecule has 0 atom stereocenters. The van der Waals surface area contributed by atoms with Crippen molar-refractivity contribution >= 4 is 23.5 Å². The monoisotopic (exact) mass is 451 g/mol. The number of anilines is 1. The zero-order valence-electron chi connectivity index (χ0n) is 18.3. The molecule has 32 heavy (non-hydrogen) atoms. The topological polar surface area (TPSA) is 82.3 Å². The van der Waals surface area contributed by atoms with E-state index in [1.54, 1.807) is 18.9 Å². The number of carbonyl (C=O) groups is 1. The van der Waals surface area contributed by atoms with Crippen LogP contribution in [0, 0.1) is 0 Å². The molecular formula is C24H29N5O2S. The minimum atomic E-state index is -0.231. The Bertz CT molecular complexity index is 1020. The number of aromatic nitrogens is 2. The van der Waals surface area contributed by atoms with Crippen LogP contribution in [0.1, 0.15) is 18.4 Å². The molecule has 1 aromatic heterocycles. The Hall–Kier alpha value is -2.97. The minimum Gasteiger partial charge on any atom is -0.497 e. The predicted molar refractivity (Wildman–Crippen MR) is 129 cm³/mol. The fraction of sp³-hybridized carbons (Fsp3) is 0.333. The lowest BCUT2D eigenvalue weighted by Crippen LogP contribution is -2.28. The Morgan fingerprint density at radius 3 is 2.84 bits per heavy atom. The van der Waals surface area contributed by atoms with Crippen LogP contribution in [-0.4, -0.2) is 53.6 Å². The van der Waals surface area contributed by atoms with Gasteiger partial charge in [0.1, 0.15) is 5.75 Å². The summed E-state index contributed by atoms with van der Waals surface area (Å²) in [6, 6.07) is 13.5. The van der Waals surface area contributed by atoms with Crippen molar-refractivity contribution in [1.82, 2.24) is 20.4 Å². The number of H-pyrrole nitrogens is 1. The highest BCUT2D eigenvalue weighted by Gasteiger charge is 2.13. The van der Waals surface area contributed by atoms with E-state index in [9.17, 15) is 4.79 Å². The number of thioether (sulfide) groups is 1. The molecule has 168 valence electrons. The van der Waals surface area contributed by atoms with Crippen LogP contribution in [0.25, 0.3) is 11.1 Å². The van der Waals surface area contributed by atoms with Crippen LogP contribution in [0.4, 0.5) is 10.5 Å². The van der Waals surface area contributed by atoms with Crippen molar-refractivity contribution < 1.29 is 9.53 Å². The first kappa shape index (κ1) is 22.2. The quantitative estimate of drug-likeness (QED) is 0.415. The van der Waals surface area contributed by atoms with Crippen molar-refractivity contribution in [3.8, 4) is 16.9 Å². The number of rotatable bonds is 9. The number of methoxy groups -OCH3 is 1. The molecule has 0 bridgehead atoms. The van der Waals surface area contributed by atoms with Crippen molar-refractivity contribution in [3.05, 3.63) is 60.4 Å². The first-order chi connectivity index (χ1) is 15.7. The maximum absolute atomic E-state index is 12.6. The van der Waals surface area contributed by atoms with Gasteiger partial charge in [-0.3, -0.25) is 5.10 Å². The number of amides is 2. The normalized spacial score (nSPS) is 13.8. The first-order valence-electron chi connectivity index (χ1n) is 10.9. The van der Waals surface area contributed by atoms with Crippen LogP contribution in [0.15, 0.2) is 59.8 Å². The Balaban J connectivity index is 1.41. The van der Waals surface area contributed by atoms with Crippen LogP contribution in [0.5, 0.6) is 5.75 Å². The second-order valence-corrected chi connectivity index (χ2v) is 8.89. The molecule has 0 radical (unpaired) electrons. The SMILES string of the molecule is COc1cccc(CNC(=O)Nc2ccc(-c3cn[nH]c3)cc2SCCN2CCCC2)c1. The van der Waals surface area contributed by atoms with Crippen LogP contribution in [-0.2, 0) is 6.54 Å². The van der Waals surface area contributed by atoms with E-state index in [1.165, 1.54) is 25.9 Å². The van der Waals surface area contributed by atoms with E-state index >= 15 is 0 Å². The molecule has 2 heterocycles. The van der Waals surface area contributed by atoms with Gasteiger partial charge in [0.2, 0.25) is 0 Å². The molecule has 0 spiro atoms. The highest BCUT2D eigenvalue weighted by atomic mass is 32.2. The van der Waals surface area contributed by atoms with Gasteiger partial charge in [-0.05, 0) is 61.3 Å². The molecular weight excluding hydrogens is 422 g/mol. The van der Waals surface area contributed by atoms with Crippen molar-refractivity contribution in [2.24, 2.45) is 0 Å². The fourth-order valence-electron chi connectivity index (χ4n) is 3.76. The molecule has 8 heteroatoms. The molecule has 2 amide bonds. The van der Waals surface area contributed by atoms with E-state index in [-0.39, 0.29) is 6.03 Å². The molecule has 1 aliphatic heterocycles. The third-order valence-electron chi connectivity index (χ3n) is 5.51. The lowest BCUT2D eigenvalue weighted by atomic mass is 10.1. The molecule has 1 fully saturated rings. The van der Waals surface area contributed by atoms with Gasteiger partial charge in [-0.25, -0.2) is 4.79 Å². The van der Waals surface area contributed by atoms with Crippen molar-refractivity contribution in [1.29, 1.82) is 0 Å². The number of benzene rings is 2. The maximum Gasteiger partial charge on any atom is 0.319 e. The second kappa shape index (κ2) is 11.1. The molecule has 0 aliphatic carbocycles. The molecule has 0 unspecified atom stereocenters. The van der Waals surface area contributed by atoms with Crippen LogP contribution < -0.4 is 15.4 Å².